The number of methoxy groups -OCH3 is 1. The van der Waals surface area contributed by atoms with Gasteiger partial charge < -0.3 is 14.4 Å². The van der Waals surface area contributed by atoms with Crippen LogP contribution in [0.15, 0.2) is 53.7 Å². The molecule has 0 bridgehead atoms. The molecule has 0 atom stereocenters. The van der Waals surface area contributed by atoms with Crippen molar-refractivity contribution in [2.75, 3.05) is 32.6 Å². The van der Waals surface area contributed by atoms with E-state index in [-0.39, 0.29) is 5.91 Å². The van der Waals surface area contributed by atoms with E-state index in [1.807, 2.05) is 64.9 Å². The van der Waals surface area contributed by atoms with Crippen LogP contribution in [0.5, 0.6) is 11.5 Å². The Morgan fingerprint density at radius 3 is 2.55 bits per heavy atom. The highest BCUT2D eigenvalue weighted by Gasteiger charge is 2.21. The van der Waals surface area contributed by atoms with Crippen molar-refractivity contribution in [1.29, 1.82) is 0 Å². The largest absolute Gasteiger partial charge is 0.497 e. The number of rotatable bonds is 8. The molecule has 1 saturated heterocycles. The molecule has 31 heavy (non-hydrogen) atoms. The molecule has 2 heterocycles. The molecule has 0 N–H and O–H groups in total. The van der Waals surface area contributed by atoms with Crippen LogP contribution in [0.3, 0.4) is 0 Å². The van der Waals surface area contributed by atoms with Gasteiger partial charge in [-0.3, -0.25) is 9.36 Å². The second kappa shape index (κ2) is 9.87. The summed E-state index contributed by atoms with van der Waals surface area (Å²) in [6.45, 7) is 4.27. The van der Waals surface area contributed by atoms with Gasteiger partial charge in [0.25, 0.3) is 0 Å². The average Bonchev–Trinajstić information content (AvgIpc) is 3.49. The molecule has 0 radical (unpaired) electrons. The highest BCUT2D eigenvalue weighted by molar-refractivity contribution is 7.99. The monoisotopic (exact) mass is 438 g/mol. The Labute approximate surface area is 186 Å². The van der Waals surface area contributed by atoms with Gasteiger partial charge in [-0.05, 0) is 56.2 Å². The minimum absolute atomic E-state index is 0.145. The molecular formula is C23H26N4O3S. The lowest BCUT2D eigenvalue weighted by atomic mass is 10.2. The fourth-order valence-electron chi connectivity index (χ4n) is 3.59. The summed E-state index contributed by atoms with van der Waals surface area (Å²) in [6.07, 6.45) is 2.16. The van der Waals surface area contributed by atoms with Gasteiger partial charge in [-0.1, -0.05) is 23.9 Å². The van der Waals surface area contributed by atoms with Crippen molar-refractivity contribution in [3.05, 3.63) is 48.5 Å². The lowest BCUT2D eigenvalue weighted by Gasteiger charge is -2.15. The zero-order valence-corrected chi connectivity index (χ0v) is 18.6. The first-order valence-corrected chi connectivity index (χ1v) is 11.4. The van der Waals surface area contributed by atoms with Crippen molar-refractivity contribution in [2.45, 2.75) is 24.9 Å². The second-order valence-electron chi connectivity index (χ2n) is 7.18. The molecule has 8 heteroatoms. The molecule has 0 saturated carbocycles. The number of hydrogen-bond donors (Lipinski definition) is 0. The molecular weight excluding hydrogens is 412 g/mol. The Kier molecular flexibility index (Phi) is 6.76. The lowest BCUT2D eigenvalue weighted by Crippen LogP contribution is -2.29. The van der Waals surface area contributed by atoms with Crippen LogP contribution in [-0.2, 0) is 4.79 Å². The number of hydrogen-bond acceptors (Lipinski definition) is 6. The molecule has 162 valence electrons. The van der Waals surface area contributed by atoms with Crippen LogP contribution in [0.4, 0.5) is 0 Å². The number of amides is 1. The van der Waals surface area contributed by atoms with Crippen LogP contribution in [0.1, 0.15) is 19.8 Å². The van der Waals surface area contributed by atoms with Crippen LogP contribution in [0, 0.1) is 0 Å². The first-order chi connectivity index (χ1) is 15.2. The molecule has 1 aliphatic heterocycles. The van der Waals surface area contributed by atoms with Gasteiger partial charge >= 0.3 is 0 Å². The number of carbonyl (C=O) groups is 1. The molecule has 0 spiro atoms. The van der Waals surface area contributed by atoms with Gasteiger partial charge in [-0.2, -0.15) is 0 Å². The van der Waals surface area contributed by atoms with Crippen LogP contribution >= 0.6 is 11.8 Å². The maximum Gasteiger partial charge on any atom is 0.233 e. The normalized spacial score (nSPS) is 13.4. The fourth-order valence-corrected chi connectivity index (χ4v) is 4.44. The predicted octanol–water partition coefficient (Wildman–Crippen LogP) is 4.06. The van der Waals surface area contributed by atoms with E-state index in [1.54, 1.807) is 7.11 Å². The summed E-state index contributed by atoms with van der Waals surface area (Å²) >= 11 is 1.41. The van der Waals surface area contributed by atoms with E-state index in [4.69, 9.17) is 9.47 Å². The van der Waals surface area contributed by atoms with Crippen molar-refractivity contribution in [2.24, 2.45) is 0 Å². The first kappa shape index (κ1) is 21.2. The van der Waals surface area contributed by atoms with Gasteiger partial charge in [0.05, 0.1) is 19.5 Å². The number of benzene rings is 2. The van der Waals surface area contributed by atoms with Gasteiger partial charge in [0.1, 0.15) is 11.5 Å². The standard InChI is InChI=1S/C23H26N4O3S/c1-3-30-19-11-9-18(10-12-19)27-22(17-7-6-8-20(15-17)29-2)24-25-23(27)31-16-21(28)26-13-4-5-14-26/h6-12,15H,3-5,13-14,16H2,1-2H3. The zero-order valence-electron chi connectivity index (χ0n) is 17.8. The van der Waals surface area contributed by atoms with Gasteiger partial charge in [-0.15, -0.1) is 10.2 Å². The Balaban J connectivity index is 1.67. The highest BCUT2D eigenvalue weighted by Crippen LogP contribution is 2.30. The van der Waals surface area contributed by atoms with E-state index >= 15 is 0 Å². The third-order valence-corrected chi connectivity index (χ3v) is 6.06. The summed E-state index contributed by atoms with van der Waals surface area (Å²) in [5.74, 6) is 2.73. The van der Waals surface area contributed by atoms with Gasteiger partial charge in [0, 0.05) is 24.3 Å². The van der Waals surface area contributed by atoms with E-state index in [1.165, 1.54) is 11.8 Å². The van der Waals surface area contributed by atoms with E-state index in [0.717, 1.165) is 48.7 Å². The second-order valence-corrected chi connectivity index (χ2v) is 8.12. The molecule has 1 amide bonds. The van der Waals surface area contributed by atoms with Gasteiger partial charge in [-0.25, -0.2) is 0 Å². The molecule has 4 rings (SSSR count). The maximum atomic E-state index is 12.6. The predicted molar refractivity (Wildman–Crippen MR) is 121 cm³/mol. The Morgan fingerprint density at radius 2 is 1.84 bits per heavy atom. The van der Waals surface area contributed by atoms with Crippen molar-refractivity contribution < 1.29 is 14.3 Å². The number of likely N-dealkylation sites (tertiary alicyclic amines) is 1. The SMILES string of the molecule is CCOc1ccc(-n2c(SCC(=O)N3CCCC3)nnc2-c2cccc(OC)c2)cc1. The summed E-state index contributed by atoms with van der Waals surface area (Å²) in [5, 5.41) is 9.54. The minimum Gasteiger partial charge on any atom is -0.497 e. The summed E-state index contributed by atoms with van der Waals surface area (Å²) in [4.78, 5) is 14.5. The Morgan fingerprint density at radius 1 is 1.06 bits per heavy atom. The van der Waals surface area contributed by atoms with Crippen molar-refractivity contribution in [1.82, 2.24) is 19.7 Å². The summed E-state index contributed by atoms with van der Waals surface area (Å²) < 4.78 is 12.9. The van der Waals surface area contributed by atoms with Crippen molar-refractivity contribution in [3.8, 4) is 28.6 Å². The number of nitrogens with zero attached hydrogens (tertiary/aromatic N) is 4. The van der Waals surface area contributed by atoms with Crippen molar-refractivity contribution >= 4 is 17.7 Å². The van der Waals surface area contributed by atoms with E-state index in [2.05, 4.69) is 10.2 Å². The number of ether oxygens (including phenoxy) is 2. The van der Waals surface area contributed by atoms with E-state index in [9.17, 15) is 4.79 Å². The van der Waals surface area contributed by atoms with Crippen LogP contribution in [0.2, 0.25) is 0 Å². The Bertz CT molecular complexity index is 1030. The Hall–Kier alpha value is -3.00. The van der Waals surface area contributed by atoms with E-state index in [0.29, 0.717) is 23.3 Å². The maximum absolute atomic E-state index is 12.6. The van der Waals surface area contributed by atoms with Crippen LogP contribution < -0.4 is 9.47 Å². The summed E-state index contributed by atoms with van der Waals surface area (Å²) in [5.41, 5.74) is 1.79. The zero-order chi connectivity index (χ0) is 21.6. The first-order valence-electron chi connectivity index (χ1n) is 10.4. The molecule has 2 aromatic carbocycles. The van der Waals surface area contributed by atoms with Gasteiger partial charge in [0.15, 0.2) is 11.0 Å². The number of carbonyl (C=O) groups excluding carboxylic acids is 1. The van der Waals surface area contributed by atoms with E-state index < -0.39 is 0 Å². The molecule has 1 fully saturated rings. The summed E-state index contributed by atoms with van der Waals surface area (Å²) in [6, 6.07) is 15.5. The van der Waals surface area contributed by atoms with Crippen LogP contribution in [-0.4, -0.2) is 58.1 Å². The van der Waals surface area contributed by atoms with Gasteiger partial charge in [0.2, 0.25) is 5.91 Å². The third kappa shape index (κ3) is 4.85. The van der Waals surface area contributed by atoms with Crippen molar-refractivity contribution in [3.63, 3.8) is 0 Å². The molecule has 1 aliphatic rings. The highest BCUT2D eigenvalue weighted by atomic mass is 32.2. The molecule has 7 nitrogen and oxygen atoms in total. The quantitative estimate of drug-likeness (QED) is 0.494. The summed E-state index contributed by atoms with van der Waals surface area (Å²) in [7, 11) is 1.64. The lowest BCUT2D eigenvalue weighted by molar-refractivity contribution is -0.127. The number of aromatic nitrogens is 3. The minimum atomic E-state index is 0.145. The molecule has 1 aromatic heterocycles. The average molecular weight is 439 g/mol. The molecule has 0 aliphatic carbocycles. The topological polar surface area (TPSA) is 69.5 Å². The number of thioether (sulfide) groups is 1. The smallest absolute Gasteiger partial charge is 0.233 e. The van der Waals surface area contributed by atoms with Crippen LogP contribution in [0.25, 0.3) is 17.1 Å². The molecule has 0 unspecified atom stereocenters. The molecule has 3 aromatic rings. The third-order valence-electron chi connectivity index (χ3n) is 5.15. The fraction of sp³-hybridized carbons (Fsp3) is 0.348.